The molecule has 3 rings (SSSR count). The molecule has 2 aromatic rings. The fraction of sp³-hybridized carbons (Fsp3) is 0.250. The zero-order chi connectivity index (χ0) is 15.7. The third kappa shape index (κ3) is 2.98. The van der Waals surface area contributed by atoms with E-state index in [0.717, 1.165) is 23.9 Å². The number of thioether (sulfide) groups is 1. The number of hydrogen-bond acceptors (Lipinski definition) is 6. The number of rotatable bonds is 3. The van der Waals surface area contributed by atoms with Crippen molar-refractivity contribution in [3.05, 3.63) is 29.8 Å². The normalized spacial score (nSPS) is 14.4. The maximum atomic E-state index is 12.2. The van der Waals surface area contributed by atoms with Crippen LogP contribution in [0.15, 0.2) is 34.3 Å². The topological polar surface area (TPSA) is 120 Å². The van der Waals surface area contributed by atoms with E-state index in [4.69, 9.17) is 5.14 Å². The number of primary sulfonamides is 1. The number of benzene rings is 1. The lowest BCUT2D eigenvalue weighted by atomic mass is 10.2. The molecule has 116 valence electrons. The molecule has 1 aromatic carbocycles. The van der Waals surface area contributed by atoms with Crippen LogP contribution in [0.2, 0.25) is 0 Å². The average molecular weight is 339 g/mol. The summed E-state index contributed by atoms with van der Waals surface area (Å²) >= 11 is 1.59. The van der Waals surface area contributed by atoms with Crippen molar-refractivity contribution in [2.45, 2.75) is 23.0 Å². The maximum Gasteiger partial charge on any atom is 0.258 e. The van der Waals surface area contributed by atoms with Crippen LogP contribution < -0.4 is 10.5 Å². The molecule has 22 heavy (non-hydrogen) atoms. The molecule has 3 N–H and O–H groups in total. The fourth-order valence-electron chi connectivity index (χ4n) is 2.05. The van der Waals surface area contributed by atoms with E-state index in [-0.39, 0.29) is 10.8 Å². The zero-order valence-corrected chi connectivity index (χ0v) is 13.0. The molecule has 1 aliphatic rings. The predicted octanol–water partition coefficient (Wildman–Crippen LogP) is 0.674. The number of aromatic nitrogens is 3. The Labute approximate surface area is 131 Å². The van der Waals surface area contributed by atoms with Crippen molar-refractivity contribution in [3.8, 4) is 0 Å². The van der Waals surface area contributed by atoms with Gasteiger partial charge in [-0.3, -0.25) is 14.7 Å². The summed E-state index contributed by atoms with van der Waals surface area (Å²) in [6.45, 7) is 0.759. The summed E-state index contributed by atoms with van der Waals surface area (Å²) in [5.41, 5.74) is 0.313. The molecule has 0 atom stereocenters. The number of nitrogens with two attached hydrogens (primary N) is 1. The SMILES string of the molecule is NS(=O)(=O)c1ccc(C(=O)Nc2nnc3n2CCCS3)cc1. The average Bonchev–Trinajstić information content (AvgIpc) is 2.90. The smallest absolute Gasteiger partial charge is 0.258 e. The Hall–Kier alpha value is -1.91. The standard InChI is InChI=1S/C12H13N5O3S2/c13-22(19,20)9-4-2-8(3-5-9)10(18)14-11-15-16-12-17(11)6-1-7-21-12/h2-5H,1,6-7H2,(H2,13,19,20)(H,14,15,18). The van der Waals surface area contributed by atoms with Crippen molar-refractivity contribution in [3.63, 3.8) is 0 Å². The van der Waals surface area contributed by atoms with Gasteiger partial charge in [-0.2, -0.15) is 0 Å². The van der Waals surface area contributed by atoms with Crippen molar-refractivity contribution in [1.29, 1.82) is 0 Å². The molecule has 0 bridgehead atoms. The van der Waals surface area contributed by atoms with Gasteiger partial charge in [0, 0.05) is 17.9 Å². The van der Waals surface area contributed by atoms with Gasteiger partial charge in [-0.25, -0.2) is 13.6 Å². The second kappa shape index (κ2) is 5.71. The lowest BCUT2D eigenvalue weighted by Gasteiger charge is -2.14. The van der Waals surface area contributed by atoms with E-state index < -0.39 is 10.0 Å². The van der Waals surface area contributed by atoms with Gasteiger partial charge in [0.25, 0.3) is 5.91 Å². The second-order valence-electron chi connectivity index (χ2n) is 4.68. The van der Waals surface area contributed by atoms with E-state index in [1.165, 1.54) is 24.3 Å². The van der Waals surface area contributed by atoms with Crippen molar-refractivity contribution >= 4 is 33.6 Å². The molecule has 0 aliphatic carbocycles. The summed E-state index contributed by atoms with van der Waals surface area (Å²) in [6.07, 6.45) is 0.988. The van der Waals surface area contributed by atoms with Gasteiger partial charge in [0.2, 0.25) is 16.0 Å². The Kier molecular flexibility index (Phi) is 3.89. The number of hydrogen-bond donors (Lipinski definition) is 2. The first-order chi connectivity index (χ1) is 10.4. The Morgan fingerprint density at radius 2 is 2.00 bits per heavy atom. The number of nitrogens with one attached hydrogen (secondary N) is 1. The van der Waals surface area contributed by atoms with E-state index in [2.05, 4.69) is 15.5 Å². The first-order valence-corrected chi connectivity index (χ1v) is 8.98. The molecule has 10 heteroatoms. The van der Waals surface area contributed by atoms with E-state index in [1.807, 2.05) is 4.57 Å². The van der Waals surface area contributed by atoms with Gasteiger partial charge in [-0.15, -0.1) is 10.2 Å². The quantitative estimate of drug-likeness (QED) is 0.848. The van der Waals surface area contributed by atoms with E-state index >= 15 is 0 Å². The Morgan fingerprint density at radius 3 is 2.68 bits per heavy atom. The molecule has 1 aromatic heterocycles. The number of fused-ring (bicyclic) bond motifs is 1. The molecule has 1 aliphatic heterocycles. The van der Waals surface area contributed by atoms with Crippen LogP contribution in [0.1, 0.15) is 16.8 Å². The number of nitrogens with zero attached hydrogens (tertiary/aromatic N) is 3. The first-order valence-electron chi connectivity index (χ1n) is 6.45. The van der Waals surface area contributed by atoms with E-state index in [0.29, 0.717) is 11.5 Å². The van der Waals surface area contributed by atoms with Crippen molar-refractivity contribution in [1.82, 2.24) is 14.8 Å². The Bertz CT molecular complexity index is 814. The number of anilines is 1. The van der Waals surface area contributed by atoms with Crippen molar-refractivity contribution < 1.29 is 13.2 Å². The molecule has 0 unspecified atom stereocenters. The Morgan fingerprint density at radius 1 is 1.27 bits per heavy atom. The molecule has 0 radical (unpaired) electrons. The minimum atomic E-state index is -3.77. The van der Waals surface area contributed by atoms with Crippen molar-refractivity contribution in [2.75, 3.05) is 11.1 Å². The van der Waals surface area contributed by atoms with Crippen LogP contribution in [-0.2, 0) is 16.6 Å². The first kappa shape index (κ1) is 15.0. The summed E-state index contributed by atoms with van der Waals surface area (Å²) < 4.78 is 24.2. The number of carbonyl (C=O) groups excluding carboxylic acids is 1. The summed E-state index contributed by atoms with van der Waals surface area (Å²) in [4.78, 5) is 12.1. The second-order valence-corrected chi connectivity index (χ2v) is 7.31. The largest absolute Gasteiger partial charge is 0.290 e. The summed E-state index contributed by atoms with van der Waals surface area (Å²) in [6, 6.07) is 5.38. The number of amides is 1. The molecule has 0 saturated carbocycles. The van der Waals surface area contributed by atoms with Gasteiger partial charge in [0.05, 0.1) is 4.90 Å². The monoisotopic (exact) mass is 339 g/mol. The van der Waals surface area contributed by atoms with Crippen molar-refractivity contribution in [2.24, 2.45) is 5.14 Å². The minimum Gasteiger partial charge on any atom is -0.290 e. The van der Waals surface area contributed by atoms with Crippen LogP contribution in [0.4, 0.5) is 5.95 Å². The van der Waals surface area contributed by atoms with Gasteiger partial charge in [0.1, 0.15) is 0 Å². The molecule has 0 spiro atoms. The third-order valence-electron chi connectivity index (χ3n) is 3.14. The molecule has 0 saturated heterocycles. The van der Waals surface area contributed by atoms with E-state index in [9.17, 15) is 13.2 Å². The fourth-order valence-corrected chi connectivity index (χ4v) is 3.45. The molecular formula is C12H13N5O3S2. The van der Waals surface area contributed by atoms with Crippen LogP contribution in [0.3, 0.4) is 0 Å². The lowest BCUT2D eigenvalue weighted by Crippen LogP contribution is -2.18. The highest BCUT2D eigenvalue weighted by Crippen LogP contribution is 2.25. The Balaban J connectivity index is 1.79. The molecule has 0 fully saturated rings. The molecule has 2 heterocycles. The van der Waals surface area contributed by atoms with Gasteiger partial charge >= 0.3 is 0 Å². The maximum absolute atomic E-state index is 12.2. The zero-order valence-electron chi connectivity index (χ0n) is 11.4. The predicted molar refractivity (Wildman–Crippen MR) is 81.1 cm³/mol. The highest BCUT2D eigenvalue weighted by atomic mass is 32.2. The van der Waals surface area contributed by atoms with Gasteiger partial charge in [-0.05, 0) is 30.7 Å². The molecule has 8 nitrogen and oxygen atoms in total. The van der Waals surface area contributed by atoms with Gasteiger partial charge < -0.3 is 0 Å². The van der Waals surface area contributed by atoms with Crippen LogP contribution >= 0.6 is 11.8 Å². The van der Waals surface area contributed by atoms with Crippen LogP contribution in [-0.4, -0.2) is 34.8 Å². The third-order valence-corrected chi connectivity index (χ3v) is 5.13. The summed E-state index contributed by atoms with van der Waals surface area (Å²) in [5.74, 6) is 0.996. The highest BCUT2D eigenvalue weighted by Gasteiger charge is 2.18. The van der Waals surface area contributed by atoms with Crippen LogP contribution in [0.25, 0.3) is 0 Å². The van der Waals surface area contributed by atoms with Crippen LogP contribution in [0.5, 0.6) is 0 Å². The minimum absolute atomic E-state index is 0.0414. The summed E-state index contributed by atoms with van der Waals surface area (Å²) in [7, 11) is -3.77. The number of sulfonamides is 1. The van der Waals surface area contributed by atoms with Gasteiger partial charge in [0.15, 0.2) is 5.16 Å². The lowest BCUT2D eigenvalue weighted by molar-refractivity contribution is 0.102. The van der Waals surface area contributed by atoms with Gasteiger partial charge in [-0.1, -0.05) is 11.8 Å². The molecular weight excluding hydrogens is 326 g/mol. The van der Waals surface area contributed by atoms with E-state index in [1.54, 1.807) is 11.8 Å². The number of carbonyl (C=O) groups is 1. The van der Waals surface area contributed by atoms with Crippen LogP contribution in [0, 0.1) is 0 Å². The molecule has 1 amide bonds. The summed E-state index contributed by atoms with van der Waals surface area (Å²) in [5, 5.41) is 16.5. The highest BCUT2D eigenvalue weighted by molar-refractivity contribution is 7.99.